The van der Waals surface area contributed by atoms with E-state index < -0.39 is 11.9 Å². The first-order valence-corrected chi connectivity index (χ1v) is 6.71. The molecule has 18 heavy (non-hydrogen) atoms. The highest BCUT2D eigenvalue weighted by Crippen LogP contribution is 2.59. The fourth-order valence-electron chi connectivity index (χ4n) is 4.30. The van der Waals surface area contributed by atoms with E-state index in [0.717, 1.165) is 32.0 Å². The van der Waals surface area contributed by atoms with Crippen molar-refractivity contribution in [2.24, 2.45) is 22.7 Å². The van der Waals surface area contributed by atoms with Gasteiger partial charge in [0.1, 0.15) is 6.29 Å². The molecule has 1 saturated carbocycles. The fourth-order valence-corrected chi connectivity index (χ4v) is 4.30. The molecule has 1 N–H and O–H groups in total. The Morgan fingerprint density at radius 3 is 2.61 bits per heavy atom. The first-order valence-electron chi connectivity index (χ1n) is 6.71. The number of fused-ring (bicyclic) bond motifs is 1. The van der Waals surface area contributed by atoms with Crippen molar-refractivity contribution in [1.29, 1.82) is 0 Å². The Morgan fingerprint density at radius 2 is 2.06 bits per heavy atom. The van der Waals surface area contributed by atoms with Gasteiger partial charge in [0.2, 0.25) is 0 Å². The number of aliphatic carboxylic acids is 1. The number of carbonyl (C=O) groups is 2. The van der Waals surface area contributed by atoms with Crippen LogP contribution in [0.25, 0.3) is 0 Å². The molecule has 0 aromatic carbocycles. The summed E-state index contributed by atoms with van der Waals surface area (Å²) in [6, 6.07) is 0. The van der Waals surface area contributed by atoms with Gasteiger partial charge < -0.3 is 9.90 Å². The van der Waals surface area contributed by atoms with Crippen LogP contribution < -0.4 is 0 Å². The highest BCUT2D eigenvalue weighted by molar-refractivity contribution is 5.92. The van der Waals surface area contributed by atoms with Crippen LogP contribution in [0, 0.1) is 22.7 Å². The van der Waals surface area contributed by atoms with Gasteiger partial charge in [0.15, 0.2) is 0 Å². The molecule has 3 heteroatoms. The number of hydrogen-bond donors (Lipinski definition) is 1. The summed E-state index contributed by atoms with van der Waals surface area (Å²) in [6.07, 6.45) is 6.62. The zero-order valence-corrected chi connectivity index (χ0v) is 11.4. The summed E-state index contributed by atoms with van der Waals surface area (Å²) in [5.74, 6) is -0.986. The fraction of sp³-hybridized carbons (Fsp3) is 0.733. The number of aldehydes is 1. The number of carboxylic acid groups (broad SMARTS) is 1. The summed E-state index contributed by atoms with van der Waals surface area (Å²) >= 11 is 0. The summed E-state index contributed by atoms with van der Waals surface area (Å²) in [4.78, 5) is 22.7. The zero-order valence-electron chi connectivity index (χ0n) is 11.4. The number of carbonyl (C=O) groups excluding carboxylic acids is 1. The summed E-state index contributed by atoms with van der Waals surface area (Å²) in [5, 5.41) is 9.25. The maximum absolute atomic E-state index is 11.4. The van der Waals surface area contributed by atoms with Crippen LogP contribution >= 0.6 is 0 Å². The average Bonchev–Trinajstić information content (AvgIpc) is 2.26. The highest BCUT2D eigenvalue weighted by Gasteiger charge is 2.53. The number of allylic oxidation sites excluding steroid dienone is 1. The Kier molecular flexibility index (Phi) is 3.12. The number of rotatable bonds is 2. The average molecular weight is 250 g/mol. The molecule has 0 aromatic rings. The van der Waals surface area contributed by atoms with E-state index >= 15 is 0 Å². The van der Waals surface area contributed by atoms with Crippen LogP contribution in [0.15, 0.2) is 11.6 Å². The Morgan fingerprint density at radius 1 is 1.39 bits per heavy atom. The van der Waals surface area contributed by atoms with Crippen LogP contribution in [0.1, 0.15) is 46.5 Å². The van der Waals surface area contributed by atoms with Crippen LogP contribution in [0.4, 0.5) is 0 Å². The molecule has 3 atom stereocenters. The minimum absolute atomic E-state index is 0.189. The normalized spacial score (nSPS) is 38.5. The van der Waals surface area contributed by atoms with E-state index in [0.29, 0.717) is 11.5 Å². The first-order chi connectivity index (χ1) is 8.33. The van der Waals surface area contributed by atoms with E-state index in [4.69, 9.17) is 0 Å². The van der Waals surface area contributed by atoms with Crippen molar-refractivity contribution in [2.45, 2.75) is 46.5 Å². The van der Waals surface area contributed by atoms with E-state index in [-0.39, 0.29) is 10.8 Å². The largest absolute Gasteiger partial charge is 0.478 e. The molecule has 2 rings (SSSR count). The van der Waals surface area contributed by atoms with Gasteiger partial charge >= 0.3 is 5.97 Å². The Balaban J connectivity index is 2.47. The first kappa shape index (κ1) is 13.3. The number of hydrogen-bond acceptors (Lipinski definition) is 2. The molecule has 0 heterocycles. The highest BCUT2D eigenvalue weighted by atomic mass is 16.4. The summed E-state index contributed by atoms with van der Waals surface area (Å²) in [5.41, 5.74) is 0.308. The quantitative estimate of drug-likeness (QED) is 0.766. The van der Waals surface area contributed by atoms with Gasteiger partial charge in [0.25, 0.3) is 0 Å². The van der Waals surface area contributed by atoms with Crippen LogP contribution in [-0.2, 0) is 9.59 Å². The van der Waals surface area contributed by atoms with Crippen molar-refractivity contribution in [3.05, 3.63) is 11.6 Å². The molecule has 0 saturated heterocycles. The maximum Gasteiger partial charge on any atom is 0.331 e. The van der Waals surface area contributed by atoms with Gasteiger partial charge in [-0.3, -0.25) is 0 Å². The van der Waals surface area contributed by atoms with Crippen molar-refractivity contribution < 1.29 is 14.7 Å². The summed E-state index contributed by atoms with van der Waals surface area (Å²) < 4.78 is 0. The number of carboxylic acids is 1. The molecule has 0 amide bonds. The minimum atomic E-state index is -0.935. The van der Waals surface area contributed by atoms with Gasteiger partial charge in [-0.25, -0.2) is 4.79 Å². The standard InChI is InChI=1S/C15H22O3/c1-14(2)7-4-8-15(3)11(9-16)10(13(17)18)5-6-12(14)15/h5,9,11-12H,4,6-8H2,1-3H3,(H,17,18)/t11-,12?,15+/m0/s1. The van der Waals surface area contributed by atoms with Crippen LogP contribution in [0.2, 0.25) is 0 Å². The van der Waals surface area contributed by atoms with Gasteiger partial charge in [-0.1, -0.05) is 33.3 Å². The molecule has 2 aliphatic carbocycles. The van der Waals surface area contributed by atoms with Gasteiger partial charge in [-0.15, -0.1) is 0 Å². The van der Waals surface area contributed by atoms with Gasteiger partial charge in [-0.2, -0.15) is 0 Å². The lowest BCUT2D eigenvalue weighted by Gasteiger charge is -2.55. The molecule has 1 fully saturated rings. The Labute approximate surface area is 108 Å². The molecule has 0 aromatic heterocycles. The second-order valence-electron chi connectivity index (χ2n) is 6.71. The minimum Gasteiger partial charge on any atom is -0.478 e. The van der Waals surface area contributed by atoms with Crippen LogP contribution in [0.5, 0.6) is 0 Å². The molecule has 0 spiro atoms. The summed E-state index contributed by atoms with van der Waals surface area (Å²) in [6.45, 7) is 6.60. The van der Waals surface area contributed by atoms with Gasteiger partial charge in [0.05, 0.1) is 5.92 Å². The Bertz CT molecular complexity index is 408. The second-order valence-corrected chi connectivity index (χ2v) is 6.71. The molecule has 0 radical (unpaired) electrons. The van der Waals surface area contributed by atoms with E-state index in [1.165, 1.54) is 0 Å². The predicted molar refractivity (Wildman–Crippen MR) is 69.1 cm³/mol. The van der Waals surface area contributed by atoms with Crippen LogP contribution in [0.3, 0.4) is 0 Å². The third-order valence-corrected chi connectivity index (χ3v) is 5.28. The van der Waals surface area contributed by atoms with Crippen molar-refractivity contribution in [3.8, 4) is 0 Å². The molecule has 2 aliphatic rings. The predicted octanol–water partition coefficient (Wildman–Crippen LogP) is 3.05. The lowest BCUT2D eigenvalue weighted by Crippen LogP contribution is -2.50. The molecule has 0 bridgehead atoms. The van der Waals surface area contributed by atoms with Crippen molar-refractivity contribution in [3.63, 3.8) is 0 Å². The smallest absolute Gasteiger partial charge is 0.331 e. The molecular weight excluding hydrogens is 228 g/mol. The third kappa shape index (κ3) is 1.80. The SMILES string of the molecule is CC1(C)CCC[C@@]2(C)C1CC=C(C(=O)O)[C@@H]2C=O. The Hall–Kier alpha value is -1.12. The lowest BCUT2D eigenvalue weighted by molar-refractivity contribution is -0.138. The maximum atomic E-state index is 11.4. The molecular formula is C15H22O3. The van der Waals surface area contributed by atoms with Crippen LogP contribution in [-0.4, -0.2) is 17.4 Å². The molecule has 1 unspecified atom stereocenters. The second kappa shape index (κ2) is 4.22. The molecule has 0 aliphatic heterocycles. The molecule has 100 valence electrons. The zero-order chi connectivity index (χ0) is 13.6. The third-order valence-electron chi connectivity index (χ3n) is 5.28. The van der Waals surface area contributed by atoms with E-state index in [2.05, 4.69) is 20.8 Å². The summed E-state index contributed by atoms with van der Waals surface area (Å²) in [7, 11) is 0. The van der Waals surface area contributed by atoms with E-state index in [1.807, 2.05) is 0 Å². The van der Waals surface area contributed by atoms with E-state index in [1.54, 1.807) is 6.08 Å². The van der Waals surface area contributed by atoms with Crippen molar-refractivity contribution >= 4 is 12.3 Å². The van der Waals surface area contributed by atoms with Crippen molar-refractivity contribution in [2.75, 3.05) is 0 Å². The lowest BCUT2D eigenvalue weighted by atomic mass is 9.49. The van der Waals surface area contributed by atoms with Gasteiger partial charge in [-0.05, 0) is 36.0 Å². The van der Waals surface area contributed by atoms with E-state index in [9.17, 15) is 14.7 Å². The van der Waals surface area contributed by atoms with Crippen molar-refractivity contribution in [1.82, 2.24) is 0 Å². The van der Waals surface area contributed by atoms with Gasteiger partial charge in [0, 0.05) is 5.57 Å². The topological polar surface area (TPSA) is 54.4 Å². The molecule has 3 nitrogen and oxygen atoms in total. The monoisotopic (exact) mass is 250 g/mol.